The topological polar surface area (TPSA) is 23.9 Å². The van der Waals surface area contributed by atoms with E-state index >= 15 is 0 Å². The molecule has 0 saturated carbocycles. The summed E-state index contributed by atoms with van der Waals surface area (Å²) in [4.78, 5) is 0. The average molecular weight is 312 g/mol. The van der Waals surface area contributed by atoms with E-state index < -0.39 is 0 Å². The largest absolute Gasteiger partial charge is 0.300 e. The minimum absolute atomic E-state index is 0.609. The Balaban J connectivity index is 0. The third-order valence-electron chi connectivity index (χ3n) is 2.83. The van der Waals surface area contributed by atoms with E-state index in [0.717, 1.165) is 11.1 Å². The van der Waals surface area contributed by atoms with Gasteiger partial charge in [-0.1, -0.05) is 100.0 Å². The van der Waals surface area contributed by atoms with Crippen molar-refractivity contribution in [2.75, 3.05) is 0 Å². The maximum atomic E-state index is 7.77. The zero-order chi connectivity index (χ0) is 18.1. The zero-order valence-corrected chi connectivity index (χ0v) is 15.9. The van der Waals surface area contributed by atoms with E-state index in [-0.39, 0.29) is 0 Å². The van der Waals surface area contributed by atoms with Crippen molar-refractivity contribution in [2.24, 2.45) is 0 Å². The second-order valence-electron chi connectivity index (χ2n) is 4.37. The molecule has 126 valence electrons. The molecule has 0 aliphatic heterocycles. The van der Waals surface area contributed by atoms with Gasteiger partial charge in [-0.3, -0.25) is 0 Å². The van der Waals surface area contributed by atoms with Crippen molar-refractivity contribution in [2.45, 2.75) is 48.5 Å². The number of nitrogens with one attached hydrogen (secondary N) is 1. The molecule has 0 atom stereocenters. The van der Waals surface area contributed by atoms with Gasteiger partial charge in [-0.2, -0.15) is 0 Å². The second-order valence-corrected chi connectivity index (χ2v) is 4.37. The molecule has 2 aromatic rings. The molecule has 0 saturated heterocycles. The summed E-state index contributed by atoms with van der Waals surface area (Å²) in [5.41, 5.74) is 3.93. The Bertz CT molecular complexity index is 524. The van der Waals surface area contributed by atoms with Crippen LogP contribution in [0.1, 0.15) is 52.7 Å². The number of hydrogen-bond donors (Lipinski definition) is 1. The number of allylic oxidation sites excluding steroid dienone is 2. The number of hydrogen-bond acceptors (Lipinski definition) is 1. The van der Waals surface area contributed by atoms with Crippen molar-refractivity contribution in [3.8, 4) is 0 Å². The first-order valence-electron chi connectivity index (χ1n) is 8.44. The minimum atomic E-state index is 0.609. The van der Waals surface area contributed by atoms with E-state index in [2.05, 4.69) is 19.1 Å². The fourth-order valence-electron chi connectivity index (χ4n) is 1.51. The summed E-state index contributed by atoms with van der Waals surface area (Å²) < 4.78 is 0. The van der Waals surface area contributed by atoms with Crippen molar-refractivity contribution in [1.82, 2.24) is 0 Å². The van der Waals surface area contributed by atoms with E-state index in [9.17, 15) is 0 Å². The Labute approximate surface area is 143 Å². The Morgan fingerprint density at radius 2 is 1.17 bits per heavy atom. The molecule has 0 spiro atoms. The first kappa shape index (κ1) is 23.1. The maximum absolute atomic E-state index is 7.77. The first-order valence-corrected chi connectivity index (χ1v) is 8.44. The summed E-state index contributed by atoms with van der Waals surface area (Å²) in [7, 11) is 0. The van der Waals surface area contributed by atoms with Gasteiger partial charge in [0, 0.05) is 0 Å². The summed E-state index contributed by atoms with van der Waals surface area (Å²) >= 11 is 0. The van der Waals surface area contributed by atoms with Crippen molar-refractivity contribution in [3.63, 3.8) is 0 Å². The van der Waals surface area contributed by atoms with Crippen molar-refractivity contribution in [3.05, 3.63) is 83.4 Å². The molecule has 0 heterocycles. The van der Waals surface area contributed by atoms with E-state index in [4.69, 9.17) is 5.41 Å². The van der Waals surface area contributed by atoms with Crippen molar-refractivity contribution < 1.29 is 0 Å². The van der Waals surface area contributed by atoms with Gasteiger partial charge < -0.3 is 5.41 Å². The molecular formula is C22H33N. The fourth-order valence-corrected chi connectivity index (χ4v) is 1.51. The average Bonchev–Trinajstić information content (AvgIpc) is 2.65. The third-order valence-corrected chi connectivity index (χ3v) is 2.83. The minimum Gasteiger partial charge on any atom is -0.300 e. The molecule has 0 aliphatic carbocycles. The van der Waals surface area contributed by atoms with Crippen LogP contribution in [0.25, 0.3) is 0 Å². The summed E-state index contributed by atoms with van der Waals surface area (Å²) in [5, 5.41) is 7.77. The lowest BCUT2D eigenvalue weighted by atomic mass is 10.0. The number of rotatable bonds is 2. The Hall–Kier alpha value is -2.15. The van der Waals surface area contributed by atoms with Gasteiger partial charge in [0.25, 0.3) is 0 Å². The van der Waals surface area contributed by atoms with Crippen LogP contribution in [0.5, 0.6) is 0 Å². The van der Waals surface area contributed by atoms with Gasteiger partial charge in [-0.25, -0.2) is 0 Å². The van der Waals surface area contributed by atoms with Crippen LogP contribution < -0.4 is 0 Å². The van der Waals surface area contributed by atoms with E-state index in [0.29, 0.717) is 5.71 Å². The molecule has 0 radical (unpaired) electrons. The predicted octanol–water partition coefficient (Wildman–Crippen LogP) is 7.07. The molecule has 0 aliphatic rings. The predicted molar refractivity (Wildman–Crippen MR) is 107 cm³/mol. The van der Waals surface area contributed by atoms with Gasteiger partial charge in [-0.05, 0) is 31.9 Å². The van der Waals surface area contributed by atoms with Crippen LogP contribution in [-0.4, -0.2) is 5.71 Å². The summed E-state index contributed by atoms with van der Waals surface area (Å²) in [6.07, 6.45) is 1.95. The summed E-state index contributed by atoms with van der Waals surface area (Å²) in [5.74, 6) is 0. The van der Waals surface area contributed by atoms with Crippen LogP contribution in [0, 0.1) is 12.3 Å². The fraction of sp³-hybridized carbons (Fsp3) is 0.318. The van der Waals surface area contributed by atoms with Crippen LogP contribution in [0.3, 0.4) is 0 Å². The molecular weight excluding hydrogens is 278 g/mol. The highest BCUT2D eigenvalue weighted by molar-refractivity contribution is 6.10. The van der Waals surface area contributed by atoms with Crippen LogP contribution in [0.15, 0.2) is 72.3 Å². The lowest BCUT2D eigenvalue weighted by Gasteiger charge is -2.02. The van der Waals surface area contributed by atoms with Gasteiger partial charge in [0.15, 0.2) is 0 Å². The van der Waals surface area contributed by atoms with Gasteiger partial charge in [0.05, 0.1) is 5.71 Å². The Morgan fingerprint density at radius 1 is 0.783 bits per heavy atom. The van der Waals surface area contributed by atoms with Crippen LogP contribution in [-0.2, 0) is 0 Å². The van der Waals surface area contributed by atoms with Gasteiger partial charge >= 0.3 is 0 Å². The number of benzene rings is 2. The molecule has 0 aromatic heterocycles. The third kappa shape index (κ3) is 11.1. The molecule has 1 nitrogen and oxygen atoms in total. The smallest absolute Gasteiger partial charge is 0.0638 e. The van der Waals surface area contributed by atoms with Gasteiger partial charge in [-0.15, -0.1) is 0 Å². The Morgan fingerprint density at radius 3 is 1.48 bits per heavy atom. The SMILES string of the molecule is C/C=C(/C)C(=N)c1ccccc1.CC.CC.Cc1ccccc1. The monoisotopic (exact) mass is 311 g/mol. The van der Waals surface area contributed by atoms with Crippen LogP contribution >= 0.6 is 0 Å². The highest BCUT2D eigenvalue weighted by Gasteiger charge is 1.99. The van der Waals surface area contributed by atoms with E-state index in [1.165, 1.54) is 5.56 Å². The van der Waals surface area contributed by atoms with E-state index in [1.54, 1.807) is 0 Å². The zero-order valence-electron chi connectivity index (χ0n) is 15.9. The van der Waals surface area contributed by atoms with Crippen LogP contribution in [0.2, 0.25) is 0 Å². The molecule has 2 rings (SSSR count). The molecule has 0 bridgehead atoms. The Kier molecular flexibility index (Phi) is 16.3. The normalized spacial score (nSPS) is 9.09. The highest BCUT2D eigenvalue weighted by Crippen LogP contribution is 2.06. The summed E-state index contributed by atoms with van der Waals surface area (Å²) in [6, 6.07) is 20.0. The van der Waals surface area contributed by atoms with Crippen molar-refractivity contribution in [1.29, 1.82) is 5.41 Å². The second kappa shape index (κ2) is 16.2. The van der Waals surface area contributed by atoms with E-state index in [1.807, 2.05) is 96.1 Å². The highest BCUT2D eigenvalue weighted by atomic mass is 14.4. The quantitative estimate of drug-likeness (QED) is 0.573. The van der Waals surface area contributed by atoms with Crippen LogP contribution in [0.4, 0.5) is 0 Å². The van der Waals surface area contributed by atoms with Crippen molar-refractivity contribution >= 4 is 5.71 Å². The standard InChI is InChI=1S/C11H13N.C7H8.2C2H6/c1-3-9(2)11(12)10-7-5-4-6-8-10;1-7-5-3-2-4-6-7;2*1-2/h3-8,12H,1-2H3;2-6H,1H3;2*1-2H3/b9-3-,12-11?;;;. The lowest BCUT2D eigenvalue weighted by Crippen LogP contribution is -1.99. The van der Waals surface area contributed by atoms with Gasteiger partial charge in [0.1, 0.15) is 0 Å². The van der Waals surface area contributed by atoms with Gasteiger partial charge in [0.2, 0.25) is 0 Å². The maximum Gasteiger partial charge on any atom is 0.0638 e. The molecule has 0 fully saturated rings. The molecule has 1 N–H and O–H groups in total. The molecule has 2 aromatic carbocycles. The molecule has 0 amide bonds. The summed E-state index contributed by atoms with van der Waals surface area (Å²) in [6.45, 7) is 14.0. The molecule has 0 unspecified atom stereocenters. The molecule has 1 heteroatoms. The number of aryl methyl sites for hydroxylation is 1. The first-order chi connectivity index (χ1) is 11.1. The molecule has 23 heavy (non-hydrogen) atoms. The lowest BCUT2D eigenvalue weighted by molar-refractivity contribution is 1.41.